The molecule has 1 aliphatic rings. The van der Waals surface area contributed by atoms with Crippen LogP contribution in [0, 0.1) is 0 Å². The van der Waals surface area contributed by atoms with Gasteiger partial charge in [0.25, 0.3) is 0 Å². The minimum atomic E-state index is -3.48. The highest BCUT2D eigenvalue weighted by molar-refractivity contribution is 7.48. The molecule has 0 fully saturated rings. The van der Waals surface area contributed by atoms with E-state index in [1.165, 1.54) is 21.3 Å². The van der Waals surface area contributed by atoms with Crippen LogP contribution in [-0.4, -0.2) is 39.9 Å². The number of hydrogen-bond acceptors (Lipinski definition) is 9. The van der Waals surface area contributed by atoms with Crippen LogP contribution < -0.4 is 5.32 Å². The number of rotatable bonds is 8. The van der Waals surface area contributed by atoms with Crippen LogP contribution in [0.3, 0.4) is 0 Å². The van der Waals surface area contributed by atoms with Crippen molar-refractivity contribution in [2.45, 2.75) is 26.7 Å². The average molecular weight is 605 g/mol. The van der Waals surface area contributed by atoms with Gasteiger partial charge in [-0.15, -0.1) is 0 Å². The number of halogens is 4. The normalized spacial score (nSPS) is 15.3. The van der Waals surface area contributed by atoms with Crippen molar-refractivity contribution >= 4 is 66.2 Å². The first-order chi connectivity index (χ1) is 16.9. The molecular weight excluding hydrogens is 579 g/mol. The van der Waals surface area contributed by atoms with Crippen LogP contribution in [-0.2, 0) is 37.2 Å². The van der Waals surface area contributed by atoms with E-state index < -0.39 is 25.7 Å². The van der Waals surface area contributed by atoms with Crippen molar-refractivity contribution in [3.63, 3.8) is 0 Å². The number of phosphoric acid groups is 1. The third-order valence-corrected chi connectivity index (χ3v) is 6.94. The van der Waals surface area contributed by atoms with E-state index in [4.69, 9.17) is 55.9 Å². The number of benzene rings is 1. The Kier molecular flexibility index (Phi) is 13.4. The van der Waals surface area contributed by atoms with E-state index >= 15 is 0 Å². The highest BCUT2D eigenvalue weighted by atomic mass is 35.5. The van der Waals surface area contributed by atoms with Crippen molar-refractivity contribution < 1.29 is 37.2 Å². The van der Waals surface area contributed by atoms with Crippen molar-refractivity contribution in [1.29, 1.82) is 0 Å². The van der Waals surface area contributed by atoms with Gasteiger partial charge in [-0.25, -0.2) is 14.2 Å². The first-order valence-electron chi connectivity index (χ1n) is 10.2. The second-order valence-electron chi connectivity index (χ2n) is 6.82. The van der Waals surface area contributed by atoms with E-state index in [-0.39, 0.29) is 16.1 Å². The monoisotopic (exact) mass is 603 g/mol. The SMILES string of the molecule is CCOC(=O)C1=C(C)NC(C)=C(C(=O)OC)C1c1cccc(Cl)c1Cl.COP(=O)(OC)OC=C(Cl)Cl. The number of carbonyl (C=O) groups is 2. The van der Waals surface area contributed by atoms with Crippen molar-refractivity contribution in [2.24, 2.45) is 0 Å². The molecule has 1 aromatic rings. The highest BCUT2D eigenvalue weighted by Gasteiger charge is 2.38. The van der Waals surface area contributed by atoms with Gasteiger partial charge in [-0.2, -0.15) is 0 Å². The zero-order chi connectivity index (χ0) is 27.6. The van der Waals surface area contributed by atoms with Gasteiger partial charge in [0.1, 0.15) is 10.8 Å². The average Bonchev–Trinajstić information content (AvgIpc) is 2.84. The third kappa shape index (κ3) is 8.42. The zero-order valence-electron chi connectivity index (χ0n) is 20.3. The molecule has 0 aliphatic carbocycles. The lowest BCUT2D eigenvalue weighted by Gasteiger charge is -2.30. The van der Waals surface area contributed by atoms with Crippen molar-refractivity contribution in [1.82, 2.24) is 5.32 Å². The van der Waals surface area contributed by atoms with E-state index in [1.807, 2.05) is 0 Å². The molecule has 0 aromatic heterocycles. The molecule has 200 valence electrons. The zero-order valence-corrected chi connectivity index (χ0v) is 24.2. The number of phosphoric ester groups is 1. The molecular formula is C22H26Cl4NO8P. The molecule has 0 amide bonds. The summed E-state index contributed by atoms with van der Waals surface area (Å²) in [5, 5.41) is 3.66. The maximum atomic E-state index is 12.6. The first-order valence-corrected chi connectivity index (χ1v) is 13.1. The Bertz CT molecular complexity index is 1110. The topological polar surface area (TPSA) is 109 Å². The number of hydrogen-bond donors (Lipinski definition) is 1. The summed E-state index contributed by atoms with van der Waals surface area (Å²) in [6, 6.07) is 5.09. The van der Waals surface area contributed by atoms with Crippen LogP contribution in [0.4, 0.5) is 0 Å². The Morgan fingerprint density at radius 2 is 1.58 bits per heavy atom. The first kappa shape index (κ1) is 32.3. The van der Waals surface area contributed by atoms with Crippen LogP contribution in [0.25, 0.3) is 0 Å². The molecule has 1 aliphatic heterocycles. The van der Waals surface area contributed by atoms with Crippen LogP contribution in [0.5, 0.6) is 0 Å². The van der Waals surface area contributed by atoms with E-state index in [0.717, 1.165) is 6.26 Å². The summed E-state index contributed by atoms with van der Waals surface area (Å²) in [5.41, 5.74) is 2.30. The van der Waals surface area contributed by atoms with Gasteiger partial charge in [-0.3, -0.25) is 9.05 Å². The Morgan fingerprint density at radius 3 is 2.06 bits per heavy atom. The molecule has 0 saturated carbocycles. The molecule has 1 atom stereocenters. The fraction of sp³-hybridized carbons (Fsp3) is 0.364. The summed E-state index contributed by atoms with van der Waals surface area (Å²) in [7, 11) is 0.167. The number of ether oxygens (including phenoxy) is 2. The van der Waals surface area contributed by atoms with E-state index in [2.05, 4.69) is 18.9 Å². The maximum absolute atomic E-state index is 12.6. The lowest BCUT2D eigenvalue weighted by Crippen LogP contribution is -2.32. The quantitative estimate of drug-likeness (QED) is 0.198. The fourth-order valence-electron chi connectivity index (χ4n) is 3.17. The standard InChI is InChI=1S/C18H19Cl2NO4.C4H7Cl2O4P/c1-5-25-18(23)14-10(3)21-9(2)13(17(22)24-4)15(14)11-7-6-8-12(19)16(11)20;1-8-11(7,9-2)10-3-4(5)6/h6-8,15,21H,5H2,1-4H3;3H,1-2H3. The summed E-state index contributed by atoms with van der Waals surface area (Å²) in [6.07, 6.45) is 0.872. The fourth-order valence-corrected chi connectivity index (χ4v) is 4.36. The van der Waals surface area contributed by atoms with Gasteiger partial charge in [0.15, 0.2) is 0 Å². The Balaban J connectivity index is 0.000000497. The number of carbonyl (C=O) groups excluding carboxylic acids is 2. The van der Waals surface area contributed by atoms with Gasteiger partial charge in [-0.05, 0) is 32.4 Å². The molecule has 1 aromatic carbocycles. The van der Waals surface area contributed by atoms with Crippen molar-refractivity contribution in [3.05, 3.63) is 67.1 Å². The molecule has 1 N–H and O–H groups in total. The molecule has 14 heteroatoms. The lowest BCUT2D eigenvalue weighted by molar-refractivity contribution is -0.139. The predicted octanol–water partition coefficient (Wildman–Crippen LogP) is 6.64. The maximum Gasteiger partial charge on any atom is 0.529 e. The van der Waals surface area contributed by atoms with Gasteiger partial charge >= 0.3 is 19.8 Å². The van der Waals surface area contributed by atoms with E-state index in [9.17, 15) is 14.2 Å². The molecule has 0 saturated heterocycles. The third-order valence-electron chi connectivity index (χ3n) is 4.67. The molecule has 0 spiro atoms. The van der Waals surface area contributed by atoms with Gasteiger partial charge < -0.3 is 19.3 Å². The lowest BCUT2D eigenvalue weighted by atomic mass is 9.80. The molecule has 0 radical (unpaired) electrons. The summed E-state index contributed by atoms with van der Waals surface area (Å²) in [4.78, 5) is 25.0. The number of esters is 2. The Hall–Kier alpha value is -1.71. The number of methoxy groups -OCH3 is 1. The van der Waals surface area contributed by atoms with Gasteiger partial charge in [0.05, 0.1) is 40.8 Å². The van der Waals surface area contributed by atoms with Gasteiger partial charge in [0, 0.05) is 25.6 Å². The molecule has 2 rings (SSSR count). The summed E-state index contributed by atoms with van der Waals surface area (Å²) in [5.74, 6) is -1.82. The summed E-state index contributed by atoms with van der Waals surface area (Å²) >= 11 is 22.9. The second kappa shape index (κ2) is 14.9. The Morgan fingerprint density at radius 1 is 1.03 bits per heavy atom. The molecule has 1 unspecified atom stereocenters. The van der Waals surface area contributed by atoms with Crippen LogP contribution in [0.2, 0.25) is 10.0 Å². The molecule has 0 bridgehead atoms. The smallest absolute Gasteiger partial charge is 0.466 e. The number of nitrogens with one attached hydrogen (secondary N) is 1. The molecule has 1 heterocycles. The van der Waals surface area contributed by atoms with Gasteiger partial charge in [-0.1, -0.05) is 58.5 Å². The van der Waals surface area contributed by atoms with Crippen LogP contribution in [0.15, 0.2) is 51.5 Å². The number of allylic oxidation sites excluding steroid dienone is 2. The predicted molar refractivity (Wildman–Crippen MR) is 139 cm³/mol. The minimum absolute atomic E-state index is 0.167. The van der Waals surface area contributed by atoms with Crippen molar-refractivity contribution in [3.8, 4) is 0 Å². The summed E-state index contributed by atoms with van der Waals surface area (Å²) < 4.78 is 34.2. The molecule has 9 nitrogen and oxygen atoms in total. The second-order valence-corrected chi connectivity index (χ2v) is 10.4. The van der Waals surface area contributed by atoms with Crippen LogP contribution >= 0.6 is 54.2 Å². The number of dihydropyridines is 1. The van der Waals surface area contributed by atoms with E-state index in [0.29, 0.717) is 33.1 Å². The molecule has 36 heavy (non-hydrogen) atoms. The van der Waals surface area contributed by atoms with Crippen LogP contribution in [0.1, 0.15) is 32.3 Å². The largest absolute Gasteiger partial charge is 0.529 e. The van der Waals surface area contributed by atoms with Gasteiger partial charge in [0.2, 0.25) is 0 Å². The van der Waals surface area contributed by atoms with E-state index in [1.54, 1.807) is 39.0 Å². The minimum Gasteiger partial charge on any atom is -0.466 e. The summed E-state index contributed by atoms with van der Waals surface area (Å²) in [6.45, 7) is 5.41. The highest BCUT2D eigenvalue weighted by Crippen LogP contribution is 2.48. The van der Waals surface area contributed by atoms with Crippen molar-refractivity contribution in [2.75, 3.05) is 27.9 Å². The Labute approximate surface area is 229 Å².